The van der Waals surface area contributed by atoms with E-state index >= 15 is 0 Å². The van der Waals surface area contributed by atoms with Gasteiger partial charge in [-0.2, -0.15) is 15.5 Å². The Morgan fingerprint density at radius 1 is 1.39 bits per heavy atom. The van der Waals surface area contributed by atoms with Crippen LogP contribution in [0.15, 0.2) is 22.9 Å². The highest BCUT2D eigenvalue weighted by atomic mass is 16.5. The number of ether oxygens (including phenoxy) is 1. The van der Waals surface area contributed by atoms with Crippen molar-refractivity contribution in [2.24, 2.45) is 10.2 Å². The Hall–Kier alpha value is -1.70. The van der Waals surface area contributed by atoms with Gasteiger partial charge in [0.2, 0.25) is 0 Å². The van der Waals surface area contributed by atoms with Crippen molar-refractivity contribution in [2.75, 3.05) is 6.61 Å². The van der Waals surface area contributed by atoms with Crippen LogP contribution < -0.4 is 0 Å². The highest BCUT2D eigenvalue weighted by Crippen LogP contribution is 2.20. The van der Waals surface area contributed by atoms with Gasteiger partial charge < -0.3 is 4.74 Å². The van der Waals surface area contributed by atoms with Crippen molar-refractivity contribution in [1.82, 2.24) is 0 Å². The average molecular weight is 251 g/mol. The molecule has 0 N–H and O–H groups in total. The molecule has 0 aliphatic heterocycles. The predicted octanol–water partition coefficient (Wildman–Crippen LogP) is 3.03. The minimum atomic E-state index is -0.986. The topological polar surface area (TPSA) is 74.8 Å². The lowest BCUT2D eigenvalue weighted by molar-refractivity contribution is -0.142. The van der Waals surface area contributed by atoms with Crippen molar-refractivity contribution in [1.29, 1.82) is 5.26 Å². The first-order chi connectivity index (χ1) is 8.22. The van der Waals surface area contributed by atoms with Gasteiger partial charge in [0.25, 0.3) is 0 Å². The Balaban J connectivity index is 4.42. The zero-order chi connectivity index (χ0) is 14.2. The zero-order valence-corrected chi connectivity index (χ0v) is 11.6. The quantitative estimate of drug-likeness (QED) is 0.413. The minimum Gasteiger partial charge on any atom is -0.461 e. The molecule has 1 unspecified atom stereocenters. The SMILES string of the molecule is C=CCOC(=O)CCC(C)(C#N)N=NC(C)(C)C. The van der Waals surface area contributed by atoms with E-state index < -0.39 is 5.54 Å². The number of esters is 1. The third kappa shape index (κ3) is 7.55. The fourth-order valence-electron chi connectivity index (χ4n) is 0.958. The summed E-state index contributed by atoms with van der Waals surface area (Å²) in [5.41, 5.74) is -1.32. The molecule has 0 aliphatic carbocycles. The van der Waals surface area contributed by atoms with E-state index in [4.69, 9.17) is 10.00 Å². The molecule has 0 saturated heterocycles. The van der Waals surface area contributed by atoms with Crippen LogP contribution in [0.4, 0.5) is 0 Å². The van der Waals surface area contributed by atoms with Crippen LogP contribution in [0.1, 0.15) is 40.5 Å². The Morgan fingerprint density at radius 2 is 2.00 bits per heavy atom. The standard InChI is InChI=1S/C13H21N3O2/c1-6-9-18-11(17)7-8-13(5,10-14)16-15-12(2,3)4/h6H,1,7-9H2,2-5H3. The van der Waals surface area contributed by atoms with E-state index in [0.717, 1.165) is 0 Å². The van der Waals surface area contributed by atoms with Crippen LogP contribution >= 0.6 is 0 Å². The van der Waals surface area contributed by atoms with Crippen LogP contribution in [0.25, 0.3) is 0 Å². The maximum atomic E-state index is 11.3. The van der Waals surface area contributed by atoms with Crippen molar-refractivity contribution in [2.45, 2.75) is 51.6 Å². The predicted molar refractivity (Wildman–Crippen MR) is 69.0 cm³/mol. The molecule has 5 nitrogen and oxygen atoms in total. The molecule has 0 aromatic rings. The maximum Gasteiger partial charge on any atom is 0.306 e. The summed E-state index contributed by atoms with van der Waals surface area (Å²) in [5.74, 6) is -0.359. The van der Waals surface area contributed by atoms with E-state index in [1.165, 1.54) is 6.08 Å². The first-order valence-electron chi connectivity index (χ1n) is 5.84. The van der Waals surface area contributed by atoms with Gasteiger partial charge in [-0.15, -0.1) is 0 Å². The molecular formula is C13H21N3O2. The smallest absolute Gasteiger partial charge is 0.306 e. The van der Waals surface area contributed by atoms with Gasteiger partial charge in [-0.3, -0.25) is 4.79 Å². The number of nitriles is 1. The molecule has 0 aromatic heterocycles. The van der Waals surface area contributed by atoms with E-state index in [9.17, 15) is 4.79 Å². The second kappa shape index (κ2) is 6.90. The normalized spacial score (nSPS) is 14.8. The molecule has 0 rings (SSSR count). The molecule has 5 heteroatoms. The van der Waals surface area contributed by atoms with Crippen LogP contribution in [0.5, 0.6) is 0 Å². The Morgan fingerprint density at radius 3 is 2.44 bits per heavy atom. The van der Waals surface area contributed by atoms with Crippen LogP contribution in [-0.2, 0) is 9.53 Å². The van der Waals surface area contributed by atoms with Crippen LogP contribution in [0.2, 0.25) is 0 Å². The van der Waals surface area contributed by atoms with Crippen LogP contribution in [0.3, 0.4) is 0 Å². The Labute approximate surface area is 109 Å². The van der Waals surface area contributed by atoms with Crippen LogP contribution in [-0.4, -0.2) is 23.7 Å². The van der Waals surface area contributed by atoms with Crippen LogP contribution in [0, 0.1) is 11.3 Å². The first-order valence-corrected chi connectivity index (χ1v) is 5.84. The molecule has 0 fully saturated rings. The summed E-state index contributed by atoms with van der Waals surface area (Å²) in [5, 5.41) is 17.2. The molecule has 0 amide bonds. The molecule has 0 aliphatic rings. The zero-order valence-electron chi connectivity index (χ0n) is 11.6. The Kier molecular flexibility index (Phi) is 6.24. The van der Waals surface area contributed by atoms with Gasteiger partial charge >= 0.3 is 5.97 Å². The molecule has 0 bridgehead atoms. The fourth-order valence-corrected chi connectivity index (χ4v) is 0.958. The van der Waals surface area contributed by atoms with Crippen molar-refractivity contribution in [3.05, 3.63) is 12.7 Å². The molecule has 18 heavy (non-hydrogen) atoms. The summed E-state index contributed by atoms with van der Waals surface area (Å²) in [7, 11) is 0. The second-order valence-corrected chi connectivity index (χ2v) is 5.23. The van der Waals surface area contributed by atoms with E-state index in [-0.39, 0.29) is 24.5 Å². The minimum absolute atomic E-state index is 0.140. The number of carbonyl (C=O) groups excluding carboxylic acids is 1. The number of hydrogen-bond acceptors (Lipinski definition) is 5. The van der Waals surface area contributed by atoms with E-state index in [0.29, 0.717) is 6.42 Å². The molecule has 0 spiro atoms. The van der Waals surface area contributed by atoms with Crippen molar-refractivity contribution in [3.8, 4) is 6.07 Å². The van der Waals surface area contributed by atoms with E-state index in [1.807, 2.05) is 20.8 Å². The number of nitrogens with zero attached hydrogens (tertiary/aromatic N) is 3. The monoisotopic (exact) mass is 251 g/mol. The van der Waals surface area contributed by atoms with Gasteiger partial charge in [0.1, 0.15) is 6.61 Å². The Bertz CT molecular complexity index is 363. The van der Waals surface area contributed by atoms with E-state index in [1.54, 1.807) is 6.92 Å². The first kappa shape index (κ1) is 16.3. The summed E-state index contributed by atoms with van der Waals surface area (Å²) in [6, 6.07) is 2.07. The largest absolute Gasteiger partial charge is 0.461 e. The second-order valence-electron chi connectivity index (χ2n) is 5.23. The van der Waals surface area contributed by atoms with Crippen molar-refractivity contribution >= 4 is 5.97 Å². The van der Waals surface area contributed by atoms with Gasteiger partial charge in [-0.1, -0.05) is 12.7 Å². The summed E-state index contributed by atoms with van der Waals surface area (Å²) >= 11 is 0. The summed E-state index contributed by atoms with van der Waals surface area (Å²) in [6.07, 6.45) is 1.93. The molecule has 0 radical (unpaired) electrons. The summed E-state index contributed by atoms with van der Waals surface area (Å²) in [4.78, 5) is 11.3. The molecular weight excluding hydrogens is 230 g/mol. The summed E-state index contributed by atoms with van der Waals surface area (Å²) in [6.45, 7) is 11.0. The summed E-state index contributed by atoms with van der Waals surface area (Å²) < 4.78 is 4.84. The van der Waals surface area contributed by atoms with Gasteiger partial charge in [-0.25, -0.2) is 0 Å². The molecule has 0 heterocycles. The third-order valence-corrected chi connectivity index (χ3v) is 1.99. The lowest BCUT2D eigenvalue weighted by Gasteiger charge is -2.17. The van der Waals surface area contributed by atoms with Gasteiger partial charge in [-0.05, 0) is 34.1 Å². The van der Waals surface area contributed by atoms with Gasteiger partial charge in [0.05, 0.1) is 11.6 Å². The lowest BCUT2D eigenvalue weighted by Crippen LogP contribution is -2.22. The highest BCUT2D eigenvalue weighted by Gasteiger charge is 2.25. The van der Waals surface area contributed by atoms with E-state index in [2.05, 4.69) is 22.9 Å². The van der Waals surface area contributed by atoms with Gasteiger partial charge in [0.15, 0.2) is 5.54 Å². The maximum absolute atomic E-state index is 11.3. The van der Waals surface area contributed by atoms with Gasteiger partial charge in [0, 0.05) is 6.42 Å². The fraction of sp³-hybridized carbons (Fsp3) is 0.692. The number of hydrogen-bond donors (Lipinski definition) is 0. The van der Waals surface area contributed by atoms with Crippen molar-refractivity contribution < 1.29 is 9.53 Å². The number of azo groups is 1. The lowest BCUT2D eigenvalue weighted by atomic mass is 9.99. The number of carbonyl (C=O) groups is 1. The molecule has 1 atom stereocenters. The third-order valence-electron chi connectivity index (χ3n) is 1.99. The molecule has 0 saturated carbocycles. The molecule has 100 valence electrons. The highest BCUT2D eigenvalue weighted by molar-refractivity contribution is 5.69. The molecule has 0 aromatic carbocycles. The average Bonchev–Trinajstić information content (AvgIpc) is 2.30. The number of rotatable bonds is 6. The van der Waals surface area contributed by atoms with Crippen molar-refractivity contribution in [3.63, 3.8) is 0 Å².